The SMILES string of the molecule is O=C1c2cc(Cl)c(Cl)c(Cl)c2C(=O)[NH+]1c1ccccn1.[Cl-]. The molecule has 108 valence electrons. The first-order chi connectivity index (χ1) is 9.52. The molecule has 0 fully saturated rings. The number of benzene rings is 1. The van der Waals surface area contributed by atoms with E-state index >= 15 is 0 Å². The fourth-order valence-corrected chi connectivity index (χ4v) is 2.79. The molecule has 0 saturated heterocycles. The maximum Gasteiger partial charge on any atom is 0.360 e. The van der Waals surface area contributed by atoms with Gasteiger partial charge in [0.15, 0.2) is 0 Å². The van der Waals surface area contributed by atoms with E-state index < -0.39 is 11.8 Å². The highest BCUT2D eigenvalue weighted by atomic mass is 35.5. The molecule has 1 unspecified atom stereocenters. The zero-order valence-corrected chi connectivity index (χ0v) is 13.2. The number of hydrogen-bond acceptors (Lipinski definition) is 3. The van der Waals surface area contributed by atoms with Gasteiger partial charge in [-0.25, -0.2) is 14.6 Å². The summed E-state index contributed by atoms with van der Waals surface area (Å²) < 4.78 is 0. The maximum atomic E-state index is 12.4. The third-order valence-corrected chi connectivity index (χ3v) is 4.27. The Balaban J connectivity index is 0.00000161. The molecule has 1 aliphatic rings. The maximum absolute atomic E-state index is 12.4. The molecule has 4 nitrogen and oxygen atoms in total. The van der Waals surface area contributed by atoms with Gasteiger partial charge in [-0.2, -0.15) is 4.90 Å². The van der Waals surface area contributed by atoms with Crippen molar-refractivity contribution in [3.05, 3.63) is 56.7 Å². The minimum atomic E-state index is -0.479. The lowest BCUT2D eigenvalue weighted by Gasteiger charge is -2.04. The van der Waals surface area contributed by atoms with Gasteiger partial charge in [-0.15, -0.1) is 0 Å². The number of fused-ring (bicyclic) bond motifs is 1. The van der Waals surface area contributed by atoms with Gasteiger partial charge >= 0.3 is 11.8 Å². The van der Waals surface area contributed by atoms with Crippen molar-refractivity contribution in [2.24, 2.45) is 0 Å². The number of carbonyl (C=O) groups excluding carboxylic acids is 2. The minimum Gasteiger partial charge on any atom is -1.00 e. The Morgan fingerprint density at radius 1 is 1.00 bits per heavy atom. The zero-order valence-electron chi connectivity index (χ0n) is 10.2. The number of nitrogens with zero attached hydrogens (tertiary/aromatic N) is 1. The Labute approximate surface area is 141 Å². The highest BCUT2D eigenvalue weighted by Gasteiger charge is 2.46. The number of nitrogens with one attached hydrogen (secondary N) is 1. The van der Waals surface area contributed by atoms with E-state index in [1.807, 2.05) is 0 Å². The lowest BCUT2D eigenvalue weighted by atomic mass is 10.1. The van der Waals surface area contributed by atoms with Crippen molar-refractivity contribution in [2.75, 3.05) is 0 Å². The zero-order chi connectivity index (χ0) is 14.4. The van der Waals surface area contributed by atoms with Crippen LogP contribution in [0.3, 0.4) is 0 Å². The standard InChI is InChI=1S/C13H5Cl3N2O2.ClH/c14-7-5-6-9(11(16)10(7)15)13(20)18(12(6)19)8-3-1-2-4-17-8;/h1-5H;1H. The monoisotopic (exact) mass is 362 g/mol. The molecule has 2 heterocycles. The van der Waals surface area contributed by atoms with Crippen LogP contribution in [0.2, 0.25) is 15.1 Å². The van der Waals surface area contributed by atoms with Crippen molar-refractivity contribution in [3.63, 3.8) is 0 Å². The van der Waals surface area contributed by atoms with E-state index in [9.17, 15) is 9.59 Å². The summed E-state index contributed by atoms with van der Waals surface area (Å²) in [4.78, 5) is 28.8. The van der Waals surface area contributed by atoms with E-state index in [1.165, 1.54) is 12.3 Å². The Bertz CT molecular complexity index is 750. The van der Waals surface area contributed by atoms with Crippen LogP contribution in [-0.2, 0) is 0 Å². The van der Waals surface area contributed by atoms with Gasteiger partial charge in [0.1, 0.15) is 11.1 Å². The van der Waals surface area contributed by atoms with Crippen LogP contribution in [0.15, 0.2) is 30.5 Å². The van der Waals surface area contributed by atoms with Crippen LogP contribution >= 0.6 is 34.8 Å². The minimum absolute atomic E-state index is 0. The smallest absolute Gasteiger partial charge is 0.360 e. The number of imide groups is 1. The Morgan fingerprint density at radius 2 is 1.71 bits per heavy atom. The number of amides is 2. The van der Waals surface area contributed by atoms with Crippen LogP contribution in [0.4, 0.5) is 5.82 Å². The second-order valence-corrected chi connectivity index (χ2v) is 5.32. The normalized spacial score (nSPS) is 16.6. The summed E-state index contributed by atoms with van der Waals surface area (Å²) in [5, 5.41) is 0.202. The van der Waals surface area contributed by atoms with E-state index in [0.29, 0.717) is 5.82 Å². The summed E-state index contributed by atoms with van der Waals surface area (Å²) in [6.45, 7) is 0. The molecule has 1 atom stereocenters. The van der Waals surface area contributed by atoms with Gasteiger partial charge in [0.05, 0.1) is 15.1 Å². The molecule has 2 amide bonds. The van der Waals surface area contributed by atoms with Crippen molar-refractivity contribution in [3.8, 4) is 0 Å². The number of rotatable bonds is 1. The predicted molar refractivity (Wildman–Crippen MR) is 75.0 cm³/mol. The molecule has 8 heteroatoms. The number of quaternary nitrogens is 1. The molecule has 0 spiro atoms. The lowest BCUT2D eigenvalue weighted by Crippen LogP contribution is -3.10. The highest BCUT2D eigenvalue weighted by Crippen LogP contribution is 2.36. The average molecular weight is 364 g/mol. The van der Waals surface area contributed by atoms with Crippen molar-refractivity contribution < 1.29 is 26.9 Å². The van der Waals surface area contributed by atoms with Crippen molar-refractivity contribution >= 4 is 52.4 Å². The topological polar surface area (TPSA) is 51.5 Å². The van der Waals surface area contributed by atoms with Crippen LogP contribution in [0.5, 0.6) is 0 Å². The number of hydrogen-bond donors (Lipinski definition) is 1. The first kappa shape index (κ1) is 16.2. The molecule has 0 radical (unpaired) electrons. The van der Waals surface area contributed by atoms with Crippen LogP contribution in [0.1, 0.15) is 20.7 Å². The van der Waals surface area contributed by atoms with Crippen LogP contribution in [0, 0.1) is 0 Å². The summed E-state index contributed by atoms with van der Waals surface area (Å²) in [6.07, 6.45) is 1.51. The fraction of sp³-hybridized carbons (Fsp3) is 0. The summed E-state index contributed by atoms with van der Waals surface area (Å²) in [6, 6.07) is 6.34. The Hall–Kier alpha value is -1.17. The molecular weight excluding hydrogens is 358 g/mol. The van der Waals surface area contributed by atoms with Gasteiger partial charge in [0.25, 0.3) is 0 Å². The molecule has 0 bridgehead atoms. The van der Waals surface area contributed by atoms with Gasteiger partial charge in [0, 0.05) is 12.3 Å². The predicted octanol–water partition coefficient (Wildman–Crippen LogP) is -0.444. The lowest BCUT2D eigenvalue weighted by molar-refractivity contribution is -0.643. The highest BCUT2D eigenvalue weighted by molar-refractivity contribution is 6.50. The van der Waals surface area contributed by atoms with Crippen molar-refractivity contribution in [1.29, 1.82) is 0 Å². The van der Waals surface area contributed by atoms with E-state index in [2.05, 4.69) is 4.98 Å². The van der Waals surface area contributed by atoms with Crippen LogP contribution in [-0.4, -0.2) is 16.8 Å². The molecule has 1 aromatic carbocycles. The van der Waals surface area contributed by atoms with E-state index in [-0.39, 0.29) is 43.5 Å². The molecule has 0 aliphatic carbocycles. The fourth-order valence-electron chi connectivity index (χ4n) is 2.10. The molecule has 3 rings (SSSR count). The largest absolute Gasteiger partial charge is 1.00 e. The Morgan fingerprint density at radius 3 is 2.33 bits per heavy atom. The van der Waals surface area contributed by atoms with Gasteiger partial charge in [-0.1, -0.05) is 40.9 Å². The Kier molecular flexibility index (Phi) is 4.56. The molecule has 0 saturated carbocycles. The summed E-state index contributed by atoms with van der Waals surface area (Å²) >= 11 is 17.8. The second kappa shape index (κ2) is 5.91. The molecule has 1 aliphatic heterocycles. The molecule has 1 N–H and O–H groups in total. The van der Waals surface area contributed by atoms with E-state index in [4.69, 9.17) is 34.8 Å². The van der Waals surface area contributed by atoms with Gasteiger partial charge in [0.2, 0.25) is 5.82 Å². The van der Waals surface area contributed by atoms with Crippen molar-refractivity contribution in [2.45, 2.75) is 0 Å². The van der Waals surface area contributed by atoms with Crippen LogP contribution in [0.25, 0.3) is 0 Å². The summed E-state index contributed by atoms with van der Waals surface area (Å²) in [5.41, 5.74) is 0.252. The van der Waals surface area contributed by atoms with E-state index in [1.54, 1.807) is 18.2 Å². The number of aromatic nitrogens is 1. The van der Waals surface area contributed by atoms with E-state index in [0.717, 1.165) is 0 Å². The van der Waals surface area contributed by atoms with Crippen molar-refractivity contribution in [1.82, 2.24) is 4.98 Å². The number of carbonyl (C=O) groups is 2. The van der Waals surface area contributed by atoms with Gasteiger partial charge in [-0.05, 0) is 12.1 Å². The quantitative estimate of drug-likeness (QED) is 0.552. The molecule has 21 heavy (non-hydrogen) atoms. The summed E-state index contributed by atoms with van der Waals surface area (Å²) in [5.74, 6) is -0.613. The van der Waals surface area contributed by atoms with Gasteiger partial charge in [-0.3, -0.25) is 0 Å². The third kappa shape index (κ3) is 2.43. The first-order valence-electron chi connectivity index (χ1n) is 5.57. The summed E-state index contributed by atoms with van der Waals surface area (Å²) in [7, 11) is 0. The number of halogens is 4. The van der Waals surface area contributed by atoms with Gasteiger partial charge < -0.3 is 12.4 Å². The first-order valence-corrected chi connectivity index (χ1v) is 6.71. The number of pyridine rings is 1. The second-order valence-electron chi connectivity index (χ2n) is 4.16. The molecule has 2 aromatic rings. The third-order valence-electron chi connectivity index (χ3n) is 3.01. The molecule has 1 aromatic heterocycles. The van der Waals surface area contributed by atoms with Crippen LogP contribution < -0.4 is 17.3 Å². The average Bonchev–Trinajstić information content (AvgIpc) is 2.69. The molecular formula is C13H6Cl4N2O2.